The van der Waals surface area contributed by atoms with E-state index in [9.17, 15) is 17.2 Å². The molecule has 0 bridgehead atoms. The van der Waals surface area contributed by atoms with Gasteiger partial charge < -0.3 is 4.74 Å². The van der Waals surface area contributed by atoms with Crippen LogP contribution in [0, 0.1) is 0 Å². The molecule has 0 spiro atoms. The zero-order valence-corrected chi connectivity index (χ0v) is 18.2. The number of primary sulfonamides is 1. The van der Waals surface area contributed by atoms with E-state index in [1.165, 1.54) is 24.3 Å². The van der Waals surface area contributed by atoms with Crippen molar-refractivity contribution in [1.29, 1.82) is 0 Å². The molecule has 2 N–H and O–H groups in total. The zero-order valence-electron chi connectivity index (χ0n) is 15.8. The highest BCUT2D eigenvalue weighted by Crippen LogP contribution is 2.44. The number of nitrogens with two attached hydrogens (primary N) is 1. The minimum absolute atomic E-state index is 0.0254. The van der Waals surface area contributed by atoms with Gasteiger partial charge in [-0.15, -0.1) is 0 Å². The predicted octanol–water partition coefficient (Wildman–Crippen LogP) is 4.42. The molecule has 1 heterocycles. The third-order valence-electron chi connectivity index (χ3n) is 5.68. The quantitative estimate of drug-likeness (QED) is 0.708. The number of fused-ring (bicyclic) bond motifs is 1. The van der Waals surface area contributed by atoms with Gasteiger partial charge in [0.15, 0.2) is 0 Å². The summed E-state index contributed by atoms with van der Waals surface area (Å²) in [5.74, 6) is -2.22. The highest BCUT2D eigenvalue weighted by Gasteiger charge is 2.43. The van der Waals surface area contributed by atoms with Crippen molar-refractivity contribution in [2.45, 2.75) is 42.2 Å². The molecule has 30 heavy (non-hydrogen) atoms. The van der Waals surface area contributed by atoms with Crippen LogP contribution in [0.5, 0.6) is 5.75 Å². The summed E-state index contributed by atoms with van der Waals surface area (Å²) in [6.07, 6.45) is -0.339. The van der Waals surface area contributed by atoms with E-state index in [-0.39, 0.29) is 36.9 Å². The summed E-state index contributed by atoms with van der Waals surface area (Å²) < 4.78 is 56.5. The van der Waals surface area contributed by atoms with Gasteiger partial charge in [0.2, 0.25) is 10.0 Å². The van der Waals surface area contributed by atoms with Gasteiger partial charge in [-0.1, -0.05) is 23.2 Å². The van der Waals surface area contributed by atoms with Crippen LogP contribution >= 0.6 is 23.2 Å². The van der Waals surface area contributed by atoms with Crippen molar-refractivity contribution < 1.29 is 21.9 Å². The number of halogens is 4. The number of hydrogen-bond acceptors (Lipinski definition) is 4. The fourth-order valence-electron chi connectivity index (χ4n) is 4.12. The topological polar surface area (TPSA) is 72.6 Å². The van der Waals surface area contributed by atoms with Gasteiger partial charge in [0.25, 0.3) is 5.92 Å². The van der Waals surface area contributed by atoms with E-state index in [4.69, 9.17) is 33.1 Å². The molecule has 1 aliphatic heterocycles. The van der Waals surface area contributed by atoms with Gasteiger partial charge in [-0.3, -0.25) is 4.90 Å². The smallest absolute Gasteiger partial charge is 0.250 e. The van der Waals surface area contributed by atoms with Crippen molar-refractivity contribution in [1.82, 2.24) is 4.90 Å². The maximum Gasteiger partial charge on any atom is 0.250 e. The van der Waals surface area contributed by atoms with Crippen LogP contribution in [0.1, 0.15) is 30.1 Å². The maximum absolute atomic E-state index is 13.7. The average molecular weight is 477 g/mol. The van der Waals surface area contributed by atoms with E-state index in [2.05, 4.69) is 0 Å². The third-order valence-corrected chi connectivity index (χ3v) is 7.16. The lowest BCUT2D eigenvalue weighted by atomic mass is 10.0. The Bertz CT molecular complexity index is 1050. The molecule has 2 aromatic carbocycles. The molecule has 10 heteroatoms. The first kappa shape index (κ1) is 21.8. The van der Waals surface area contributed by atoms with E-state index in [1.807, 2.05) is 4.90 Å². The summed E-state index contributed by atoms with van der Waals surface area (Å²) in [4.78, 5) is 1.98. The summed E-state index contributed by atoms with van der Waals surface area (Å²) in [7, 11) is -3.82. The molecule has 162 valence electrons. The second kappa shape index (κ2) is 7.91. The van der Waals surface area contributed by atoms with E-state index in [0.29, 0.717) is 22.2 Å². The van der Waals surface area contributed by atoms with Crippen LogP contribution in [0.15, 0.2) is 41.3 Å². The lowest BCUT2D eigenvalue weighted by Gasteiger charge is -2.38. The van der Waals surface area contributed by atoms with Crippen LogP contribution < -0.4 is 9.88 Å². The molecule has 1 saturated heterocycles. The first-order valence-electron chi connectivity index (χ1n) is 9.43. The summed E-state index contributed by atoms with van der Waals surface area (Å²) in [5.41, 5.74) is 1.69. The van der Waals surface area contributed by atoms with Crippen LogP contribution in [0.4, 0.5) is 8.78 Å². The molecule has 0 saturated carbocycles. The fraction of sp³-hybridized carbons (Fsp3) is 0.400. The molecule has 0 amide bonds. The molecular weight excluding hydrogens is 457 g/mol. The van der Waals surface area contributed by atoms with Crippen molar-refractivity contribution in [2.75, 3.05) is 13.1 Å². The number of benzene rings is 2. The Hall–Kier alpha value is -1.45. The Morgan fingerprint density at radius 2 is 1.73 bits per heavy atom. The average Bonchev–Trinajstić information content (AvgIpc) is 3.00. The molecule has 0 radical (unpaired) electrons. The minimum Gasteiger partial charge on any atom is -0.484 e. The number of ether oxygens (including phenoxy) is 1. The van der Waals surface area contributed by atoms with E-state index in [0.717, 1.165) is 11.1 Å². The Labute approximate surface area is 183 Å². The standard InChI is InChI=1S/C20H20Cl2F2N2O3S/c21-12-9-16-15(17(22)10-12)11-18(26-7-5-20(23,24)6-8-26)19(16)29-13-1-3-14(4-2-13)30(25,27)28/h1-4,9-10,18-19H,5-8,11H2,(H2,25,27,28)/t18-,19+/m1/s1. The van der Waals surface area contributed by atoms with Gasteiger partial charge in [-0.2, -0.15) is 0 Å². The zero-order chi connectivity index (χ0) is 21.7. The van der Waals surface area contributed by atoms with Crippen molar-refractivity contribution in [3.05, 3.63) is 57.6 Å². The van der Waals surface area contributed by atoms with Crippen LogP contribution in [-0.2, 0) is 16.4 Å². The molecular formula is C20H20Cl2F2N2O3S. The SMILES string of the molecule is NS(=O)(=O)c1ccc(O[C@H]2c3cc(Cl)cc(Cl)c3C[C@H]2N2CCC(F)(F)CC2)cc1. The maximum atomic E-state index is 13.7. The lowest BCUT2D eigenvalue weighted by Crippen LogP contribution is -2.47. The number of rotatable bonds is 4. The van der Waals surface area contributed by atoms with E-state index in [1.54, 1.807) is 12.1 Å². The van der Waals surface area contributed by atoms with Crippen LogP contribution in [0.2, 0.25) is 10.0 Å². The third kappa shape index (κ3) is 4.43. The minimum atomic E-state index is -3.82. The van der Waals surface area contributed by atoms with Gasteiger partial charge in [0.1, 0.15) is 11.9 Å². The molecule has 0 unspecified atom stereocenters. The predicted molar refractivity (Wildman–Crippen MR) is 111 cm³/mol. The summed E-state index contributed by atoms with van der Waals surface area (Å²) in [6.45, 7) is 0.502. The van der Waals surface area contributed by atoms with Crippen molar-refractivity contribution >= 4 is 33.2 Å². The van der Waals surface area contributed by atoms with E-state index < -0.39 is 22.0 Å². The monoisotopic (exact) mass is 476 g/mol. The Morgan fingerprint density at radius 1 is 1.10 bits per heavy atom. The second-order valence-corrected chi connectivity index (χ2v) is 10.1. The van der Waals surface area contributed by atoms with Crippen LogP contribution in [0.3, 0.4) is 0 Å². The van der Waals surface area contributed by atoms with Crippen LogP contribution in [-0.4, -0.2) is 38.4 Å². The normalized spacial score (nSPS) is 23.9. The number of likely N-dealkylation sites (tertiary alicyclic amines) is 1. The van der Waals surface area contributed by atoms with Gasteiger partial charge in [-0.25, -0.2) is 22.3 Å². The van der Waals surface area contributed by atoms with Crippen molar-refractivity contribution in [3.63, 3.8) is 0 Å². The molecule has 2 aromatic rings. The Kier molecular flexibility index (Phi) is 5.74. The summed E-state index contributed by atoms with van der Waals surface area (Å²) >= 11 is 12.6. The number of nitrogens with zero attached hydrogens (tertiary/aromatic N) is 1. The Balaban J connectivity index is 1.65. The Morgan fingerprint density at radius 3 is 2.33 bits per heavy atom. The molecule has 2 aliphatic rings. The molecule has 0 aromatic heterocycles. The fourth-order valence-corrected chi connectivity index (χ4v) is 5.22. The molecule has 5 nitrogen and oxygen atoms in total. The van der Waals surface area contributed by atoms with Crippen LogP contribution in [0.25, 0.3) is 0 Å². The van der Waals surface area contributed by atoms with Gasteiger partial charge >= 0.3 is 0 Å². The molecule has 4 rings (SSSR count). The van der Waals surface area contributed by atoms with Crippen molar-refractivity contribution in [3.8, 4) is 5.75 Å². The van der Waals surface area contributed by atoms with Gasteiger partial charge in [0.05, 0.1) is 10.9 Å². The molecule has 1 fully saturated rings. The number of hydrogen-bond donors (Lipinski definition) is 1. The largest absolute Gasteiger partial charge is 0.484 e. The highest BCUT2D eigenvalue weighted by atomic mass is 35.5. The summed E-state index contributed by atoms with van der Waals surface area (Å²) in [6, 6.07) is 9.02. The highest BCUT2D eigenvalue weighted by molar-refractivity contribution is 7.89. The first-order valence-corrected chi connectivity index (χ1v) is 11.7. The second-order valence-electron chi connectivity index (χ2n) is 7.67. The van der Waals surface area contributed by atoms with Crippen molar-refractivity contribution in [2.24, 2.45) is 5.14 Å². The van der Waals surface area contributed by atoms with Gasteiger partial charge in [-0.05, 0) is 48.4 Å². The lowest BCUT2D eigenvalue weighted by molar-refractivity contribution is -0.0713. The number of alkyl halides is 2. The number of sulfonamides is 1. The summed E-state index contributed by atoms with van der Waals surface area (Å²) in [5, 5.41) is 6.12. The molecule has 1 aliphatic carbocycles. The van der Waals surface area contributed by atoms with E-state index >= 15 is 0 Å². The molecule has 2 atom stereocenters. The first-order chi connectivity index (χ1) is 14.0. The number of piperidine rings is 1. The van der Waals surface area contributed by atoms with Gasteiger partial charge in [0, 0.05) is 41.5 Å².